The summed E-state index contributed by atoms with van der Waals surface area (Å²) in [4.78, 5) is 17.5. The van der Waals surface area contributed by atoms with Crippen LogP contribution in [-0.4, -0.2) is 14.6 Å². The number of fused-ring (bicyclic) bond motifs is 1. The van der Waals surface area contributed by atoms with E-state index in [0.717, 1.165) is 11.1 Å². The van der Waals surface area contributed by atoms with E-state index < -0.39 is 0 Å². The second-order valence-electron chi connectivity index (χ2n) is 5.73. The highest BCUT2D eigenvalue weighted by Crippen LogP contribution is 2.08. The molecule has 0 bridgehead atoms. The average Bonchev–Trinajstić information content (AvgIpc) is 3.15. The van der Waals surface area contributed by atoms with Crippen LogP contribution in [0.25, 0.3) is 23.2 Å². The molecule has 0 fully saturated rings. The fourth-order valence-corrected chi connectivity index (χ4v) is 3.38. The van der Waals surface area contributed by atoms with E-state index in [-0.39, 0.29) is 5.56 Å². The van der Waals surface area contributed by atoms with Gasteiger partial charge >= 0.3 is 0 Å². The Balaban J connectivity index is 1.68. The Hall–Kier alpha value is -3.05. The van der Waals surface area contributed by atoms with Gasteiger partial charge in [-0.25, -0.2) is 0 Å². The molecule has 4 aromatic rings. The van der Waals surface area contributed by atoms with E-state index in [9.17, 15) is 4.79 Å². The number of hydrogen-bond donors (Lipinski definition) is 0. The summed E-state index contributed by atoms with van der Waals surface area (Å²) in [6, 6.07) is 18.0. The Morgan fingerprint density at radius 1 is 0.960 bits per heavy atom. The molecule has 0 saturated carbocycles. The maximum absolute atomic E-state index is 12.5. The largest absolute Gasteiger partial charge is 0.291 e. The van der Waals surface area contributed by atoms with Crippen molar-refractivity contribution in [1.29, 1.82) is 0 Å². The summed E-state index contributed by atoms with van der Waals surface area (Å²) in [5, 5.41) is 4.30. The molecule has 2 aromatic carbocycles. The van der Waals surface area contributed by atoms with E-state index in [1.165, 1.54) is 21.4 Å². The summed E-state index contributed by atoms with van der Waals surface area (Å²) >= 11 is 1.35. The number of hydrogen-bond acceptors (Lipinski definition) is 4. The minimum Gasteiger partial charge on any atom is -0.266 e. The van der Waals surface area contributed by atoms with Crippen LogP contribution in [0.4, 0.5) is 0 Å². The summed E-state index contributed by atoms with van der Waals surface area (Å²) in [5.74, 6) is 0.536. The molecule has 4 rings (SSSR count). The molecule has 25 heavy (non-hydrogen) atoms. The lowest BCUT2D eigenvalue weighted by Gasteiger charge is -1.92. The van der Waals surface area contributed by atoms with Gasteiger partial charge in [0, 0.05) is 0 Å². The van der Waals surface area contributed by atoms with E-state index in [0.29, 0.717) is 15.3 Å². The summed E-state index contributed by atoms with van der Waals surface area (Å²) in [7, 11) is 0. The normalized spacial score (nSPS) is 12.4. The van der Waals surface area contributed by atoms with Crippen LogP contribution in [0.3, 0.4) is 0 Å². The Labute approximate surface area is 148 Å². The SMILES string of the molecule is Cc1ccc(/C=c2\sc3nc(/C=C/c4ccccc4)nn3c2=O)cc1. The highest BCUT2D eigenvalue weighted by atomic mass is 32.1. The third-order valence-corrected chi connectivity index (χ3v) is 4.76. The fourth-order valence-electron chi connectivity index (χ4n) is 2.47. The number of thiazole rings is 1. The number of rotatable bonds is 3. The van der Waals surface area contributed by atoms with Crippen LogP contribution in [0.1, 0.15) is 22.5 Å². The van der Waals surface area contributed by atoms with Crippen LogP contribution in [0.15, 0.2) is 59.4 Å². The Morgan fingerprint density at radius 3 is 2.44 bits per heavy atom. The molecule has 0 spiro atoms. The number of nitrogens with zero attached hydrogens (tertiary/aromatic N) is 3. The molecule has 2 heterocycles. The minimum absolute atomic E-state index is 0.132. The van der Waals surface area contributed by atoms with Gasteiger partial charge in [-0.15, -0.1) is 5.10 Å². The standard InChI is InChI=1S/C20H15N3OS/c1-14-7-9-16(10-8-14)13-17-19(24)23-20(25-17)21-18(22-23)12-11-15-5-3-2-4-6-15/h2-13H,1H3/b12-11+,17-13-. The lowest BCUT2D eigenvalue weighted by molar-refractivity contribution is 0.925. The molecule has 0 N–H and O–H groups in total. The molecule has 0 atom stereocenters. The van der Waals surface area contributed by atoms with Gasteiger partial charge in [0.05, 0.1) is 4.53 Å². The van der Waals surface area contributed by atoms with Gasteiger partial charge in [0.2, 0.25) is 4.96 Å². The predicted molar refractivity (Wildman–Crippen MR) is 102 cm³/mol. The molecule has 0 saturated heterocycles. The van der Waals surface area contributed by atoms with Crippen LogP contribution in [0, 0.1) is 6.92 Å². The van der Waals surface area contributed by atoms with Gasteiger partial charge in [-0.1, -0.05) is 77.6 Å². The molecular formula is C20H15N3OS. The zero-order chi connectivity index (χ0) is 17.2. The molecule has 0 aliphatic heterocycles. The zero-order valence-electron chi connectivity index (χ0n) is 13.6. The van der Waals surface area contributed by atoms with Crippen molar-refractivity contribution in [2.24, 2.45) is 0 Å². The van der Waals surface area contributed by atoms with Gasteiger partial charge < -0.3 is 0 Å². The van der Waals surface area contributed by atoms with Crippen LogP contribution in [0.5, 0.6) is 0 Å². The third-order valence-electron chi connectivity index (χ3n) is 3.80. The molecule has 0 unspecified atom stereocenters. The molecule has 0 amide bonds. The second kappa shape index (κ2) is 6.45. The smallest absolute Gasteiger partial charge is 0.266 e. The van der Waals surface area contributed by atoms with Gasteiger partial charge in [-0.3, -0.25) is 4.79 Å². The van der Waals surface area contributed by atoms with E-state index in [4.69, 9.17) is 0 Å². The molecule has 0 radical (unpaired) electrons. The van der Waals surface area contributed by atoms with Crippen LogP contribution in [0.2, 0.25) is 0 Å². The van der Waals surface area contributed by atoms with Crippen molar-refractivity contribution in [1.82, 2.24) is 14.6 Å². The Morgan fingerprint density at radius 2 is 1.72 bits per heavy atom. The van der Waals surface area contributed by atoms with Crippen molar-refractivity contribution in [3.8, 4) is 0 Å². The molecule has 5 heteroatoms. The van der Waals surface area contributed by atoms with E-state index in [1.807, 2.05) is 79.7 Å². The van der Waals surface area contributed by atoms with Crippen molar-refractivity contribution in [3.05, 3.63) is 92.0 Å². The number of aromatic nitrogens is 3. The lowest BCUT2D eigenvalue weighted by Crippen LogP contribution is -2.23. The third kappa shape index (κ3) is 3.27. The number of aryl methyl sites for hydroxylation is 1. The van der Waals surface area contributed by atoms with Crippen molar-refractivity contribution < 1.29 is 0 Å². The molecule has 4 nitrogen and oxygen atoms in total. The first-order valence-electron chi connectivity index (χ1n) is 7.90. The van der Waals surface area contributed by atoms with Gasteiger partial charge in [-0.05, 0) is 30.2 Å². The van der Waals surface area contributed by atoms with Gasteiger partial charge in [0.25, 0.3) is 5.56 Å². The molecule has 0 aliphatic carbocycles. The average molecular weight is 345 g/mol. The highest BCUT2D eigenvalue weighted by molar-refractivity contribution is 7.15. The predicted octanol–water partition coefficient (Wildman–Crippen LogP) is 3.18. The number of benzene rings is 2. The van der Waals surface area contributed by atoms with Crippen molar-refractivity contribution in [2.45, 2.75) is 6.92 Å². The topological polar surface area (TPSA) is 47.3 Å². The van der Waals surface area contributed by atoms with Crippen LogP contribution < -0.4 is 10.1 Å². The van der Waals surface area contributed by atoms with Crippen molar-refractivity contribution >= 4 is 34.5 Å². The summed E-state index contributed by atoms with van der Waals surface area (Å²) < 4.78 is 2.01. The van der Waals surface area contributed by atoms with E-state index in [2.05, 4.69) is 10.1 Å². The second-order valence-corrected chi connectivity index (χ2v) is 6.74. The Bertz CT molecular complexity index is 1160. The highest BCUT2D eigenvalue weighted by Gasteiger charge is 2.08. The maximum atomic E-state index is 12.5. The van der Waals surface area contributed by atoms with Crippen LogP contribution in [-0.2, 0) is 0 Å². The minimum atomic E-state index is -0.132. The zero-order valence-corrected chi connectivity index (χ0v) is 14.4. The van der Waals surface area contributed by atoms with E-state index in [1.54, 1.807) is 0 Å². The molecule has 122 valence electrons. The van der Waals surface area contributed by atoms with Gasteiger partial charge in [0.15, 0.2) is 5.82 Å². The Kier molecular flexibility index (Phi) is 3.99. The first-order chi connectivity index (χ1) is 12.2. The molecule has 2 aromatic heterocycles. The van der Waals surface area contributed by atoms with Crippen molar-refractivity contribution in [3.63, 3.8) is 0 Å². The van der Waals surface area contributed by atoms with Crippen LogP contribution >= 0.6 is 11.3 Å². The van der Waals surface area contributed by atoms with E-state index >= 15 is 0 Å². The van der Waals surface area contributed by atoms with Crippen molar-refractivity contribution in [2.75, 3.05) is 0 Å². The first-order valence-corrected chi connectivity index (χ1v) is 8.72. The first kappa shape index (κ1) is 15.5. The summed E-state index contributed by atoms with van der Waals surface area (Å²) in [5.41, 5.74) is 3.12. The fraction of sp³-hybridized carbons (Fsp3) is 0.0500. The monoisotopic (exact) mass is 345 g/mol. The quantitative estimate of drug-likeness (QED) is 0.573. The summed E-state index contributed by atoms with van der Waals surface area (Å²) in [6.45, 7) is 2.04. The maximum Gasteiger partial charge on any atom is 0.291 e. The molecule has 0 aliphatic rings. The summed E-state index contributed by atoms with van der Waals surface area (Å²) in [6.07, 6.45) is 5.63. The lowest BCUT2D eigenvalue weighted by atomic mass is 10.1. The van der Waals surface area contributed by atoms with Gasteiger partial charge in [0.1, 0.15) is 0 Å². The van der Waals surface area contributed by atoms with Gasteiger partial charge in [-0.2, -0.15) is 9.50 Å². The molecular weight excluding hydrogens is 330 g/mol.